The minimum atomic E-state index is -0.102. The topological polar surface area (TPSA) is 96.8 Å². The van der Waals surface area contributed by atoms with E-state index in [1.807, 2.05) is 25.3 Å². The summed E-state index contributed by atoms with van der Waals surface area (Å²) in [5.41, 5.74) is 2.22. The molecule has 3 aromatic rings. The number of rotatable bonds is 4. The number of amides is 1. The second kappa shape index (κ2) is 7.36. The third-order valence-electron chi connectivity index (χ3n) is 4.35. The van der Waals surface area contributed by atoms with Crippen molar-refractivity contribution in [3.63, 3.8) is 0 Å². The summed E-state index contributed by atoms with van der Waals surface area (Å²) in [5.74, 6) is 1.48. The SMILES string of the molecule is Cc1cc(Nc2nc(C)cs2)nc(C2CCN(C(=O)c3cnccn3)C2)n1. The predicted octanol–water partition coefficient (Wildman–Crippen LogP) is 2.71. The highest BCUT2D eigenvalue weighted by Crippen LogP contribution is 2.27. The number of hydrogen-bond donors (Lipinski definition) is 1. The van der Waals surface area contributed by atoms with Crippen molar-refractivity contribution in [2.24, 2.45) is 0 Å². The molecule has 1 N–H and O–H groups in total. The molecule has 1 aliphatic rings. The van der Waals surface area contributed by atoms with Gasteiger partial charge in [0.2, 0.25) is 0 Å². The third-order valence-corrected chi connectivity index (χ3v) is 5.22. The van der Waals surface area contributed by atoms with Crippen LogP contribution in [-0.2, 0) is 0 Å². The van der Waals surface area contributed by atoms with E-state index in [0.717, 1.165) is 34.6 Å². The molecule has 1 saturated heterocycles. The zero-order valence-corrected chi connectivity index (χ0v) is 15.9. The minimum absolute atomic E-state index is 0.101. The number of carbonyl (C=O) groups excluding carboxylic acids is 1. The molecule has 0 saturated carbocycles. The predicted molar refractivity (Wildman–Crippen MR) is 102 cm³/mol. The van der Waals surface area contributed by atoms with E-state index < -0.39 is 0 Å². The van der Waals surface area contributed by atoms with Gasteiger partial charge in [-0.1, -0.05) is 0 Å². The van der Waals surface area contributed by atoms with Crippen molar-refractivity contribution in [2.45, 2.75) is 26.2 Å². The molecule has 138 valence electrons. The molecule has 1 unspecified atom stereocenters. The van der Waals surface area contributed by atoms with Crippen LogP contribution in [0, 0.1) is 13.8 Å². The van der Waals surface area contributed by atoms with E-state index in [1.165, 1.54) is 12.4 Å². The van der Waals surface area contributed by atoms with Gasteiger partial charge in [-0.05, 0) is 20.3 Å². The molecule has 0 radical (unpaired) electrons. The van der Waals surface area contributed by atoms with Crippen LogP contribution in [0.2, 0.25) is 0 Å². The van der Waals surface area contributed by atoms with Crippen molar-refractivity contribution in [3.8, 4) is 0 Å². The van der Waals surface area contributed by atoms with Gasteiger partial charge in [-0.25, -0.2) is 19.9 Å². The van der Waals surface area contributed by atoms with Crippen molar-refractivity contribution >= 4 is 28.2 Å². The lowest BCUT2D eigenvalue weighted by atomic mass is 10.1. The van der Waals surface area contributed by atoms with Crippen LogP contribution in [0.4, 0.5) is 10.9 Å². The van der Waals surface area contributed by atoms with Gasteiger partial charge in [0.05, 0.1) is 11.9 Å². The van der Waals surface area contributed by atoms with Gasteiger partial charge in [0.25, 0.3) is 5.91 Å². The molecule has 0 aliphatic carbocycles. The lowest BCUT2D eigenvalue weighted by Gasteiger charge is -2.16. The van der Waals surface area contributed by atoms with E-state index in [1.54, 1.807) is 22.4 Å². The van der Waals surface area contributed by atoms with E-state index in [4.69, 9.17) is 0 Å². The number of hydrogen-bond acceptors (Lipinski definition) is 8. The molecule has 0 bridgehead atoms. The van der Waals surface area contributed by atoms with Crippen LogP contribution in [0.15, 0.2) is 30.0 Å². The highest BCUT2D eigenvalue weighted by atomic mass is 32.1. The third kappa shape index (κ3) is 3.92. The van der Waals surface area contributed by atoms with E-state index in [9.17, 15) is 4.79 Å². The Kier molecular flexibility index (Phi) is 4.76. The van der Waals surface area contributed by atoms with Crippen LogP contribution in [0.3, 0.4) is 0 Å². The summed E-state index contributed by atoms with van der Waals surface area (Å²) in [6.45, 7) is 5.14. The monoisotopic (exact) mass is 381 g/mol. The van der Waals surface area contributed by atoms with Crippen molar-refractivity contribution in [1.82, 2.24) is 29.8 Å². The molecule has 27 heavy (non-hydrogen) atoms. The Morgan fingerprint density at radius 3 is 2.85 bits per heavy atom. The maximum absolute atomic E-state index is 12.6. The standard InChI is InChI=1S/C18H19N7OS/c1-11-7-15(24-18-22-12(2)10-27-18)23-16(21-11)13-3-6-25(9-13)17(26)14-8-19-4-5-20-14/h4-5,7-8,10,13H,3,6,9H2,1-2H3,(H,21,22,23,24). The fourth-order valence-corrected chi connectivity index (χ4v) is 3.78. The summed E-state index contributed by atoms with van der Waals surface area (Å²) in [6.07, 6.45) is 5.41. The Morgan fingerprint density at radius 2 is 2.11 bits per heavy atom. The van der Waals surface area contributed by atoms with Crippen molar-refractivity contribution < 1.29 is 4.79 Å². The molecular formula is C18H19N7OS. The Labute approximate surface area is 160 Å². The maximum atomic E-state index is 12.6. The zero-order valence-electron chi connectivity index (χ0n) is 15.1. The van der Waals surface area contributed by atoms with Crippen LogP contribution >= 0.6 is 11.3 Å². The first kappa shape index (κ1) is 17.5. The Balaban J connectivity index is 1.49. The average molecular weight is 381 g/mol. The van der Waals surface area contributed by atoms with Gasteiger partial charge >= 0.3 is 0 Å². The second-order valence-corrected chi connectivity index (χ2v) is 7.36. The van der Waals surface area contributed by atoms with Gasteiger partial charge in [0, 0.05) is 48.5 Å². The highest BCUT2D eigenvalue weighted by molar-refractivity contribution is 7.13. The molecule has 1 amide bonds. The summed E-state index contributed by atoms with van der Waals surface area (Å²) in [5, 5.41) is 6.04. The lowest BCUT2D eigenvalue weighted by Crippen LogP contribution is -2.29. The first-order valence-corrected chi connectivity index (χ1v) is 9.56. The fourth-order valence-electron chi connectivity index (χ4n) is 3.09. The molecule has 3 aromatic heterocycles. The maximum Gasteiger partial charge on any atom is 0.274 e. The molecule has 4 rings (SSSR count). The highest BCUT2D eigenvalue weighted by Gasteiger charge is 2.30. The van der Waals surface area contributed by atoms with Gasteiger partial charge in [0.15, 0.2) is 5.13 Å². The Morgan fingerprint density at radius 1 is 1.22 bits per heavy atom. The molecule has 4 heterocycles. The molecular weight excluding hydrogens is 362 g/mol. The van der Waals surface area contributed by atoms with E-state index in [2.05, 4.69) is 30.2 Å². The molecule has 1 atom stereocenters. The van der Waals surface area contributed by atoms with E-state index in [-0.39, 0.29) is 11.8 Å². The van der Waals surface area contributed by atoms with Crippen LogP contribution in [0.1, 0.15) is 40.0 Å². The van der Waals surface area contributed by atoms with Crippen molar-refractivity contribution in [1.29, 1.82) is 0 Å². The fraction of sp³-hybridized carbons (Fsp3) is 0.333. The molecule has 1 aliphatic heterocycles. The lowest BCUT2D eigenvalue weighted by molar-refractivity contribution is 0.0784. The van der Waals surface area contributed by atoms with Gasteiger partial charge in [-0.3, -0.25) is 9.78 Å². The Bertz CT molecular complexity index is 959. The number of anilines is 2. The molecule has 8 nitrogen and oxygen atoms in total. The minimum Gasteiger partial charge on any atom is -0.337 e. The Hall–Kier alpha value is -2.94. The molecule has 9 heteroatoms. The summed E-state index contributed by atoms with van der Waals surface area (Å²) in [6, 6.07) is 1.90. The molecule has 1 fully saturated rings. The largest absolute Gasteiger partial charge is 0.337 e. The van der Waals surface area contributed by atoms with Gasteiger partial charge < -0.3 is 10.2 Å². The number of thiazole rings is 1. The summed E-state index contributed by atoms with van der Waals surface area (Å²) in [4.78, 5) is 36.1. The summed E-state index contributed by atoms with van der Waals surface area (Å²) in [7, 11) is 0. The number of nitrogens with zero attached hydrogens (tertiary/aromatic N) is 6. The first-order valence-electron chi connectivity index (χ1n) is 8.68. The molecule has 0 aromatic carbocycles. The van der Waals surface area contributed by atoms with E-state index in [0.29, 0.717) is 18.8 Å². The second-order valence-electron chi connectivity index (χ2n) is 6.50. The van der Waals surface area contributed by atoms with Gasteiger partial charge in [-0.2, -0.15) is 0 Å². The smallest absolute Gasteiger partial charge is 0.274 e. The average Bonchev–Trinajstić information content (AvgIpc) is 3.31. The number of nitrogens with one attached hydrogen (secondary N) is 1. The van der Waals surface area contributed by atoms with E-state index >= 15 is 0 Å². The van der Waals surface area contributed by atoms with Gasteiger partial charge in [0.1, 0.15) is 17.3 Å². The number of aromatic nitrogens is 5. The van der Waals surface area contributed by atoms with Gasteiger partial charge in [-0.15, -0.1) is 11.3 Å². The number of carbonyl (C=O) groups is 1. The van der Waals surface area contributed by atoms with Crippen LogP contribution in [0.5, 0.6) is 0 Å². The molecule has 0 spiro atoms. The van der Waals surface area contributed by atoms with Crippen LogP contribution < -0.4 is 5.32 Å². The number of aryl methyl sites for hydroxylation is 2. The summed E-state index contributed by atoms with van der Waals surface area (Å²) < 4.78 is 0. The number of likely N-dealkylation sites (tertiary alicyclic amines) is 1. The quantitative estimate of drug-likeness (QED) is 0.742. The first-order chi connectivity index (χ1) is 13.1. The van der Waals surface area contributed by atoms with Crippen LogP contribution in [0.25, 0.3) is 0 Å². The van der Waals surface area contributed by atoms with Crippen molar-refractivity contribution in [3.05, 3.63) is 52.9 Å². The summed E-state index contributed by atoms with van der Waals surface area (Å²) >= 11 is 1.54. The zero-order chi connectivity index (χ0) is 18.8. The normalized spacial score (nSPS) is 16.5. The van der Waals surface area contributed by atoms with Crippen molar-refractivity contribution in [2.75, 3.05) is 18.4 Å². The van der Waals surface area contributed by atoms with Crippen LogP contribution in [-0.4, -0.2) is 48.8 Å².